The first-order valence-corrected chi connectivity index (χ1v) is 9.67. The largest absolute Gasteiger partial charge is 0.469 e. The van der Waals surface area contributed by atoms with Crippen molar-refractivity contribution in [2.45, 2.75) is 76.1 Å². The SMILES string of the molecule is COC(=O)CCC/C=C/CC(O)/C=C/C1OC1C/C=C/CCCCCO. The Bertz CT molecular complexity index is 455. The molecule has 0 aromatic carbocycles. The van der Waals surface area contributed by atoms with Crippen LogP contribution in [0.25, 0.3) is 0 Å². The van der Waals surface area contributed by atoms with Crippen LogP contribution in [0.3, 0.4) is 0 Å². The first kappa shape index (κ1) is 22.6. The lowest BCUT2D eigenvalue weighted by Crippen LogP contribution is -2.01. The van der Waals surface area contributed by atoms with Crippen LogP contribution in [0.5, 0.6) is 0 Å². The fourth-order valence-electron chi connectivity index (χ4n) is 2.55. The molecule has 2 N–H and O–H groups in total. The molecule has 0 aromatic rings. The van der Waals surface area contributed by atoms with E-state index < -0.39 is 6.10 Å². The summed E-state index contributed by atoms with van der Waals surface area (Å²) in [6.07, 6.45) is 19.5. The highest BCUT2D eigenvalue weighted by Gasteiger charge is 2.34. The predicted molar refractivity (Wildman–Crippen MR) is 103 cm³/mol. The molecule has 1 saturated heterocycles. The lowest BCUT2D eigenvalue weighted by atomic mass is 10.1. The number of unbranched alkanes of at least 4 members (excludes halogenated alkanes) is 4. The summed E-state index contributed by atoms with van der Waals surface area (Å²) in [6, 6.07) is 0. The van der Waals surface area contributed by atoms with Crippen molar-refractivity contribution in [2.24, 2.45) is 0 Å². The van der Waals surface area contributed by atoms with Crippen LogP contribution in [0.15, 0.2) is 36.5 Å². The van der Waals surface area contributed by atoms with Gasteiger partial charge in [-0.05, 0) is 44.9 Å². The highest BCUT2D eigenvalue weighted by atomic mass is 16.6. The summed E-state index contributed by atoms with van der Waals surface area (Å²) in [5.74, 6) is -0.183. The Hall–Kier alpha value is -1.43. The number of esters is 1. The third kappa shape index (κ3) is 12.0. The highest BCUT2D eigenvalue weighted by Crippen LogP contribution is 2.27. The number of carbonyl (C=O) groups excluding carboxylic acids is 1. The van der Waals surface area contributed by atoms with Gasteiger partial charge in [-0.1, -0.05) is 42.9 Å². The maximum atomic E-state index is 11.0. The van der Waals surface area contributed by atoms with Crippen LogP contribution < -0.4 is 0 Å². The van der Waals surface area contributed by atoms with Crippen LogP contribution in [0.1, 0.15) is 57.8 Å². The lowest BCUT2D eigenvalue weighted by Gasteiger charge is -2.00. The zero-order chi connectivity index (χ0) is 19.0. The lowest BCUT2D eigenvalue weighted by molar-refractivity contribution is -0.140. The second kappa shape index (κ2) is 14.7. The van der Waals surface area contributed by atoms with Gasteiger partial charge in [-0.15, -0.1) is 0 Å². The minimum Gasteiger partial charge on any atom is -0.469 e. The summed E-state index contributed by atoms with van der Waals surface area (Å²) >= 11 is 0. The molecule has 0 amide bonds. The standard InChI is InChI=1S/C21H34O5/c1-25-21(24)14-10-6-5-8-12-18(23)15-16-20-19(26-20)13-9-4-2-3-7-11-17-22/h4-5,8-9,15-16,18-20,22-23H,2-3,6-7,10-14,17H2,1H3/b8-5+,9-4+,16-15+. The van der Waals surface area contributed by atoms with Gasteiger partial charge in [0.1, 0.15) is 6.10 Å². The van der Waals surface area contributed by atoms with Gasteiger partial charge in [0.2, 0.25) is 0 Å². The second-order valence-electron chi connectivity index (χ2n) is 6.55. The molecule has 5 nitrogen and oxygen atoms in total. The van der Waals surface area contributed by atoms with Gasteiger partial charge in [-0.25, -0.2) is 0 Å². The Morgan fingerprint density at radius 2 is 1.88 bits per heavy atom. The second-order valence-corrected chi connectivity index (χ2v) is 6.55. The monoisotopic (exact) mass is 366 g/mol. The van der Waals surface area contributed by atoms with Gasteiger partial charge in [0.05, 0.1) is 19.3 Å². The molecule has 0 aromatic heterocycles. The van der Waals surface area contributed by atoms with Crippen molar-refractivity contribution >= 4 is 5.97 Å². The Kier molecular flexibility index (Phi) is 12.8. The van der Waals surface area contributed by atoms with E-state index in [1.165, 1.54) is 7.11 Å². The molecule has 1 heterocycles. The fourth-order valence-corrected chi connectivity index (χ4v) is 2.55. The number of aliphatic hydroxyl groups excluding tert-OH is 2. The summed E-state index contributed by atoms with van der Waals surface area (Å²) in [7, 11) is 1.40. The maximum Gasteiger partial charge on any atom is 0.305 e. The van der Waals surface area contributed by atoms with Crippen molar-refractivity contribution in [3.63, 3.8) is 0 Å². The molecule has 0 radical (unpaired) electrons. The summed E-state index contributed by atoms with van der Waals surface area (Å²) < 4.78 is 10.1. The molecule has 1 aliphatic rings. The Balaban J connectivity index is 2.02. The van der Waals surface area contributed by atoms with Gasteiger partial charge in [0.25, 0.3) is 0 Å². The molecule has 0 aliphatic carbocycles. The Labute approximate surface area is 157 Å². The van der Waals surface area contributed by atoms with E-state index >= 15 is 0 Å². The molecule has 0 bridgehead atoms. The average Bonchev–Trinajstić information content (AvgIpc) is 3.40. The normalized spacial score (nSPS) is 21.0. The summed E-state index contributed by atoms with van der Waals surface area (Å²) in [5, 5.41) is 18.6. The van der Waals surface area contributed by atoms with E-state index in [4.69, 9.17) is 9.84 Å². The minimum absolute atomic E-state index is 0.118. The number of rotatable bonds is 15. The first-order chi connectivity index (χ1) is 12.7. The van der Waals surface area contributed by atoms with Crippen molar-refractivity contribution in [1.29, 1.82) is 0 Å². The predicted octanol–water partition coefficient (Wildman–Crippen LogP) is 3.46. The van der Waals surface area contributed by atoms with Crippen LogP contribution in [-0.4, -0.2) is 48.2 Å². The molecule has 0 saturated carbocycles. The molecule has 1 rings (SSSR count). The Morgan fingerprint density at radius 3 is 2.65 bits per heavy atom. The third-order valence-corrected chi connectivity index (χ3v) is 4.23. The molecule has 1 aliphatic heterocycles. The zero-order valence-corrected chi connectivity index (χ0v) is 15.9. The molecule has 0 spiro atoms. The number of hydrogen-bond donors (Lipinski definition) is 2. The maximum absolute atomic E-state index is 11.0. The molecule has 5 heteroatoms. The topological polar surface area (TPSA) is 79.3 Å². The van der Waals surface area contributed by atoms with Crippen LogP contribution in [0.2, 0.25) is 0 Å². The molecular weight excluding hydrogens is 332 g/mol. The van der Waals surface area contributed by atoms with E-state index in [2.05, 4.69) is 16.9 Å². The van der Waals surface area contributed by atoms with Gasteiger partial charge >= 0.3 is 5.97 Å². The van der Waals surface area contributed by atoms with Gasteiger partial charge in [0.15, 0.2) is 0 Å². The van der Waals surface area contributed by atoms with Gasteiger partial charge in [0, 0.05) is 13.0 Å². The summed E-state index contributed by atoms with van der Waals surface area (Å²) in [5.41, 5.74) is 0. The van der Waals surface area contributed by atoms with Crippen molar-refractivity contribution in [3.05, 3.63) is 36.5 Å². The number of carbonyl (C=O) groups is 1. The van der Waals surface area contributed by atoms with E-state index in [1.807, 2.05) is 18.2 Å². The molecule has 1 fully saturated rings. The van der Waals surface area contributed by atoms with Crippen LogP contribution in [0, 0.1) is 0 Å². The molecule has 148 valence electrons. The highest BCUT2D eigenvalue weighted by molar-refractivity contribution is 5.69. The fraction of sp³-hybridized carbons (Fsp3) is 0.667. The van der Waals surface area contributed by atoms with Crippen molar-refractivity contribution in [3.8, 4) is 0 Å². The number of aliphatic hydroxyl groups is 2. The van der Waals surface area contributed by atoms with Gasteiger partial charge in [-0.2, -0.15) is 0 Å². The minimum atomic E-state index is -0.501. The van der Waals surface area contributed by atoms with Gasteiger partial charge in [-0.3, -0.25) is 4.79 Å². The quantitative estimate of drug-likeness (QED) is 0.201. The number of allylic oxidation sites excluding steroid dienone is 2. The van der Waals surface area contributed by atoms with E-state index in [1.54, 1.807) is 6.08 Å². The molecular formula is C21H34O5. The zero-order valence-electron chi connectivity index (χ0n) is 15.9. The van der Waals surface area contributed by atoms with Gasteiger partial charge < -0.3 is 19.7 Å². The van der Waals surface area contributed by atoms with Crippen molar-refractivity contribution < 1.29 is 24.5 Å². The molecule has 3 unspecified atom stereocenters. The van der Waals surface area contributed by atoms with Crippen LogP contribution in [0.4, 0.5) is 0 Å². The van der Waals surface area contributed by atoms with E-state index in [-0.39, 0.29) is 24.8 Å². The van der Waals surface area contributed by atoms with Crippen LogP contribution >= 0.6 is 0 Å². The first-order valence-electron chi connectivity index (χ1n) is 9.67. The molecule has 3 atom stereocenters. The van der Waals surface area contributed by atoms with E-state index in [9.17, 15) is 9.90 Å². The number of epoxide rings is 1. The van der Waals surface area contributed by atoms with Crippen molar-refractivity contribution in [1.82, 2.24) is 0 Å². The summed E-state index contributed by atoms with van der Waals surface area (Å²) in [4.78, 5) is 11.0. The Morgan fingerprint density at radius 1 is 1.12 bits per heavy atom. The average molecular weight is 366 g/mol. The van der Waals surface area contributed by atoms with E-state index in [0.29, 0.717) is 12.8 Å². The van der Waals surface area contributed by atoms with E-state index in [0.717, 1.165) is 44.9 Å². The van der Waals surface area contributed by atoms with Crippen molar-refractivity contribution in [2.75, 3.05) is 13.7 Å². The third-order valence-electron chi connectivity index (χ3n) is 4.23. The smallest absolute Gasteiger partial charge is 0.305 e. The number of hydrogen-bond acceptors (Lipinski definition) is 5. The number of methoxy groups -OCH3 is 1. The van der Waals surface area contributed by atoms with Crippen LogP contribution in [-0.2, 0) is 14.3 Å². The number of ether oxygens (including phenoxy) is 2. The summed E-state index contributed by atoms with van der Waals surface area (Å²) in [6.45, 7) is 0.282. The molecule has 26 heavy (non-hydrogen) atoms.